The predicted molar refractivity (Wildman–Crippen MR) is 78.3 cm³/mol. The van der Waals surface area contributed by atoms with Crippen LogP contribution in [-0.4, -0.2) is 35.1 Å². The molecule has 0 saturated heterocycles. The number of aromatic nitrogens is 3. The molecule has 1 aromatic heterocycles. The minimum Gasteiger partial charge on any atom is -0.357 e. The molecule has 0 saturated carbocycles. The molecule has 106 valence electrons. The van der Waals surface area contributed by atoms with Crippen LogP contribution in [0.5, 0.6) is 0 Å². The molecule has 5 nitrogen and oxygen atoms in total. The summed E-state index contributed by atoms with van der Waals surface area (Å²) in [5, 5.41) is 2.89. The number of hydrogen-bond donors (Lipinski definition) is 1. The summed E-state index contributed by atoms with van der Waals surface area (Å²) in [6, 6.07) is 6.47. The smallest absolute Gasteiger partial charge is 0.230 e. The van der Waals surface area contributed by atoms with Gasteiger partial charge in [0, 0.05) is 20.1 Å². The Labute approximate surface area is 117 Å². The highest BCUT2D eigenvalue weighted by atomic mass is 19.1. The van der Waals surface area contributed by atoms with Crippen molar-refractivity contribution in [2.75, 3.05) is 30.4 Å². The Bertz CT molecular complexity index is 584. The molecule has 0 unspecified atom stereocenters. The fraction of sp³-hybridized carbons (Fsp3) is 0.357. The molecule has 0 bridgehead atoms. The number of nitrogens with zero attached hydrogens (tertiary/aromatic N) is 4. The highest BCUT2D eigenvalue weighted by Gasteiger charge is 2.14. The highest BCUT2D eigenvalue weighted by molar-refractivity contribution is 5.58. The minimum absolute atomic E-state index is 0.337. The van der Waals surface area contributed by atoms with Gasteiger partial charge in [-0.05, 0) is 26.0 Å². The van der Waals surface area contributed by atoms with Crippen molar-refractivity contribution >= 4 is 11.9 Å². The number of rotatable bonds is 5. The summed E-state index contributed by atoms with van der Waals surface area (Å²) in [6.45, 7) is 5.60. The lowest BCUT2D eigenvalue weighted by molar-refractivity contribution is 0.629. The van der Waals surface area contributed by atoms with Crippen LogP contribution in [0, 0.1) is 5.82 Å². The van der Waals surface area contributed by atoms with Gasteiger partial charge in [-0.3, -0.25) is 0 Å². The van der Waals surface area contributed by atoms with Crippen LogP contribution >= 0.6 is 0 Å². The van der Waals surface area contributed by atoms with Gasteiger partial charge in [0.05, 0.1) is 5.56 Å². The number of hydrogen-bond acceptors (Lipinski definition) is 5. The Balaban J connectivity index is 2.54. The summed E-state index contributed by atoms with van der Waals surface area (Å²) in [5.74, 6) is 0.975. The number of benzene rings is 1. The molecule has 1 aromatic carbocycles. The van der Waals surface area contributed by atoms with Crippen LogP contribution < -0.4 is 10.2 Å². The first-order valence-corrected chi connectivity index (χ1v) is 6.63. The van der Waals surface area contributed by atoms with Crippen molar-refractivity contribution in [2.45, 2.75) is 13.8 Å². The van der Waals surface area contributed by atoms with Crippen LogP contribution in [-0.2, 0) is 0 Å². The fourth-order valence-corrected chi connectivity index (χ4v) is 1.89. The molecule has 0 fully saturated rings. The maximum atomic E-state index is 13.9. The van der Waals surface area contributed by atoms with Crippen LogP contribution in [0.4, 0.5) is 16.3 Å². The lowest BCUT2D eigenvalue weighted by Crippen LogP contribution is -2.25. The first-order valence-electron chi connectivity index (χ1n) is 6.63. The molecule has 0 aliphatic rings. The third-order valence-electron chi connectivity index (χ3n) is 3.01. The molecular weight excluding hydrogens is 257 g/mol. The van der Waals surface area contributed by atoms with Gasteiger partial charge in [-0.15, -0.1) is 0 Å². The summed E-state index contributed by atoms with van der Waals surface area (Å²) in [4.78, 5) is 14.9. The molecule has 0 atom stereocenters. The van der Waals surface area contributed by atoms with Crippen molar-refractivity contribution in [3.8, 4) is 11.4 Å². The lowest BCUT2D eigenvalue weighted by atomic mass is 10.2. The molecule has 2 rings (SSSR count). The van der Waals surface area contributed by atoms with Gasteiger partial charge in [0.2, 0.25) is 11.9 Å². The van der Waals surface area contributed by atoms with E-state index in [1.165, 1.54) is 6.07 Å². The maximum Gasteiger partial charge on any atom is 0.230 e. The minimum atomic E-state index is -0.341. The van der Waals surface area contributed by atoms with Gasteiger partial charge >= 0.3 is 0 Å². The Morgan fingerprint density at radius 2 is 1.80 bits per heavy atom. The topological polar surface area (TPSA) is 53.9 Å². The fourth-order valence-electron chi connectivity index (χ4n) is 1.89. The Morgan fingerprint density at radius 1 is 1.10 bits per heavy atom. The van der Waals surface area contributed by atoms with Gasteiger partial charge in [0.1, 0.15) is 5.82 Å². The Hall–Kier alpha value is -2.24. The van der Waals surface area contributed by atoms with Gasteiger partial charge in [0.25, 0.3) is 0 Å². The molecule has 6 heteroatoms. The van der Waals surface area contributed by atoms with Crippen molar-refractivity contribution in [2.24, 2.45) is 0 Å². The molecule has 20 heavy (non-hydrogen) atoms. The van der Waals surface area contributed by atoms with Crippen LogP contribution in [0.1, 0.15) is 13.8 Å². The van der Waals surface area contributed by atoms with Crippen LogP contribution in [0.25, 0.3) is 11.4 Å². The third-order valence-corrected chi connectivity index (χ3v) is 3.01. The Kier molecular flexibility index (Phi) is 4.45. The van der Waals surface area contributed by atoms with Crippen LogP contribution in [0.2, 0.25) is 0 Å². The van der Waals surface area contributed by atoms with Crippen molar-refractivity contribution in [1.29, 1.82) is 0 Å². The molecule has 0 aliphatic heterocycles. The van der Waals surface area contributed by atoms with Crippen LogP contribution in [0.3, 0.4) is 0 Å². The van der Waals surface area contributed by atoms with E-state index >= 15 is 0 Å². The lowest BCUT2D eigenvalue weighted by Gasteiger charge is -2.19. The largest absolute Gasteiger partial charge is 0.357 e. The zero-order valence-corrected chi connectivity index (χ0v) is 11.9. The number of halogens is 1. The van der Waals surface area contributed by atoms with E-state index in [4.69, 9.17) is 0 Å². The maximum absolute atomic E-state index is 13.9. The second kappa shape index (κ2) is 6.27. The number of nitrogens with one attached hydrogen (secondary N) is 1. The van der Waals surface area contributed by atoms with E-state index < -0.39 is 0 Å². The van der Waals surface area contributed by atoms with E-state index in [1.54, 1.807) is 25.2 Å². The van der Waals surface area contributed by atoms with E-state index in [-0.39, 0.29) is 5.82 Å². The zero-order chi connectivity index (χ0) is 14.5. The molecule has 0 radical (unpaired) electrons. The second-order valence-electron chi connectivity index (χ2n) is 4.18. The third kappa shape index (κ3) is 2.84. The normalized spacial score (nSPS) is 10.4. The van der Waals surface area contributed by atoms with Gasteiger partial charge in [-0.1, -0.05) is 12.1 Å². The monoisotopic (exact) mass is 275 g/mol. The van der Waals surface area contributed by atoms with Gasteiger partial charge in [0.15, 0.2) is 5.82 Å². The predicted octanol–water partition coefficient (Wildman–Crippen LogP) is 2.57. The van der Waals surface area contributed by atoms with E-state index in [0.717, 1.165) is 13.1 Å². The van der Waals surface area contributed by atoms with Crippen molar-refractivity contribution in [1.82, 2.24) is 15.0 Å². The summed E-state index contributed by atoms with van der Waals surface area (Å²) >= 11 is 0. The van der Waals surface area contributed by atoms with E-state index in [1.807, 2.05) is 18.7 Å². The molecule has 1 heterocycles. The van der Waals surface area contributed by atoms with Gasteiger partial charge < -0.3 is 10.2 Å². The molecular formula is C14H18FN5. The highest BCUT2D eigenvalue weighted by Crippen LogP contribution is 2.22. The van der Waals surface area contributed by atoms with Crippen LogP contribution in [0.15, 0.2) is 24.3 Å². The van der Waals surface area contributed by atoms with Crippen molar-refractivity contribution < 1.29 is 4.39 Å². The summed E-state index contributed by atoms with van der Waals surface area (Å²) < 4.78 is 13.9. The quantitative estimate of drug-likeness (QED) is 0.909. The Morgan fingerprint density at radius 3 is 2.40 bits per heavy atom. The molecule has 0 aliphatic carbocycles. The standard InChI is InChI=1S/C14H18FN5/c1-4-20(5-2)14-18-12(17-13(16-3)19-14)10-8-6-7-9-11(10)15/h6-9H,4-5H2,1-3H3,(H,16,17,18,19). The van der Waals surface area contributed by atoms with E-state index in [9.17, 15) is 4.39 Å². The van der Waals surface area contributed by atoms with E-state index in [0.29, 0.717) is 23.3 Å². The average Bonchev–Trinajstić information content (AvgIpc) is 2.48. The summed E-state index contributed by atoms with van der Waals surface area (Å²) in [5.41, 5.74) is 0.375. The molecule has 0 amide bonds. The summed E-state index contributed by atoms with van der Waals surface area (Å²) in [6.07, 6.45) is 0. The second-order valence-corrected chi connectivity index (χ2v) is 4.18. The number of anilines is 2. The molecule has 2 aromatic rings. The van der Waals surface area contributed by atoms with E-state index in [2.05, 4.69) is 20.3 Å². The van der Waals surface area contributed by atoms with Gasteiger partial charge in [-0.2, -0.15) is 15.0 Å². The van der Waals surface area contributed by atoms with Gasteiger partial charge in [-0.25, -0.2) is 4.39 Å². The zero-order valence-electron chi connectivity index (χ0n) is 11.9. The van der Waals surface area contributed by atoms with Crippen molar-refractivity contribution in [3.05, 3.63) is 30.1 Å². The molecule has 0 spiro atoms. The average molecular weight is 275 g/mol. The molecule has 1 N–H and O–H groups in total. The SMILES string of the molecule is CCN(CC)c1nc(NC)nc(-c2ccccc2F)n1. The first-order chi connectivity index (χ1) is 9.69. The first kappa shape index (κ1) is 14.2. The van der Waals surface area contributed by atoms with Crippen molar-refractivity contribution in [3.63, 3.8) is 0 Å². The summed E-state index contributed by atoms with van der Waals surface area (Å²) in [7, 11) is 1.73.